The van der Waals surface area contributed by atoms with Crippen LogP contribution in [0.1, 0.15) is 19.3 Å². The molecule has 1 unspecified atom stereocenters. The Hall–Kier alpha value is -1.34. The van der Waals surface area contributed by atoms with Crippen LogP contribution in [0.2, 0.25) is 0 Å². The number of aromatic nitrogens is 2. The second-order valence-electron chi connectivity index (χ2n) is 4.74. The highest BCUT2D eigenvalue weighted by atomic mass is 32.2. The normalized spacial score (nSPS) is 16.1. The Bertz CT molecular complexity index is 410. The minimum absolute atomic E-state index is 0.0920. The lowest BCUT2D eigenvalue weighted by atomic mass is 10.1. The lowest BCUT2D eigenvalue weighted by molar-refractivity contribution is -0.131. The van der Waals surface area contributed by atoms with Gasteiger partial charge in [0.15, 0.2) is 0 Å². The fourth-order valence-electron chi connectivity index (χ4n) is 2.03. The van der Waals surface area contributed by atoms with Gasteiger partial charge in [-0.1, -0.05) is 0 Å². The molecule has 0 bridgehead atoms. The van der Waals surface area contributed by atoms with Gasteiger partial charge >= 0.3 is 0 Å². The van der Waals surface area contributed by atoms with Crippen molar-refractivity contribution in [3.63, 3.8) is 0 Å². The molecule has 110 valence electrons. The fourth-order valence-corrected chi connectivity index (χ4v) is 2.98. The van der Waals surface area contributed by atoms with Gasteiger partial charge in [0, 0.05) is 31.2 Å². The highest BCUT2D eigenvalue weighted by molar-refractivity contribution is 7.99. The van der Waals surface area contributed by atoms with Crippen molar-refractivity contribution in [2.24, 2.45) is 5.73 Å². The van der Waals surface area contributed by atoms with Crippen LogP contribution < -0.4 is 11.1 Å². The van der Waals surface area contributed by atoms with Gasteiger partial charge in [-0.3, -0.25) is 4.79 Å². The van der Waals surface area contributed by atoms with E-state index in [9.17, 15) is 4.79 Å². The summed E-state index contributed by atoms with van der Waals surface area (Å²) >= 11 is 1.78. The molecule has 1 amide bonds. The third-order valence-electron chi connectivity index (χ3n) is 3.17. The molecule has 0 radical (unpaired) electrons. The van der Waals surface area contributed by atoms with Crippen LogP contribution in [-0.2, 0) is 4.79 Å². The van der Waals surface area contributed by atoms with E-state index in [2.05, 4.69) is 15.3 Å². The molecule has 1 fully saturated rings. The Kier molecular flexibility index (Phi) is 6.07. The maximum Gasteiger partial charge on any atom is 0.240 e. The summed E-state index contributed by atoms with van der Waals surface area (Å²) < 4.78 is 0. The summed E-state index contributed by atoms with van der Waals surface area (Å²) in [4.78, 5) is 22.0. The number of carbonyl (C=O) groups is 1. The van der Waals surface area contributed by atoms with E-state index in [1.54, 1.807) is 30.2 Å². The van der Waals surface area contributed by atoms with Gasteiger partial charge in [0.2, 0.25) is 11.9 Å². The Morgan fingerprint density at radius 3 is 2.95 bits per heavy atom. The summed E-state index contributed by atoms with van der Waals surface area (Å²) in [6, 6.07) is 1.42. The number of hydrogen-bond acceptors (Lipinski definition) is 6. The maximum atomic E-state index is 12.0. The summed E-state index contributed by atoms with van der Waals surface area (Å²) in [5.41, 5.74) is 5.94. The summed E-state index contributed by atoms with van der Waals surface area (Å²) in [5, 5.41) is 3.14. The predicted molar refractivity (Wildman–Crippen MR) is 81.4 cm³/mol. The Balaban J connectivity index is 1.57. The van der Waals surface area contributed by atoms with Gasteiger partial charge in [0.1, 0.15) is 0 Å². The van der Waals surface area contributed by atoms with E-state index >= 15 is 0 Å². The van der Waals surface area contributed by atoms with E-state index in [-0.39, 0.29) is 11.9 Å². The SMILES string of the molecule is NC(CCCCNc1ncccn1)C(=O)N1CCSC1. The van der Waals surface area contributed by atoms with E-state index in [1.807, 2.05) is 4.90 Å². The maximum absolute atomic E-state index is 12.0. The molecular formula is C13H21N5OS. The van der Waals surface area contributed by atoms with Crippen molar-refractivity contribution < 1.29 is 4.79 Å². The minimum atomic E-state index is -0.360. The van der Waals surface area contributed by atoms with Crippen LogP contribution in [0.4, 0.5) is 5.95 Å². The summed E-state index contributed by atoms with van der Waals surface area (Å²) in [6.45, 7) is 1.63. The first-order chi connectivity index (χ1) is 9.77. The van der Waals surface area contributed by atoms with Crippen LogP contribution in [0.25, 0.3) is 0 Å². The molecular weight excluding hydrogens is 274 g/mol. The molecule has 2 heterocycles. The lowest BCUT2D eigenvalue weighted by Gasteiger charge is -2.19. The molecule has 1 saturated heterocycles. The van der Waals surface area contributed by atoms with E-state index in [0.29, 0.717) is 5.95 Å². The lowest BCUT2D eigenvalue weighted by Crippen LogP contribution is -2.42. The number of carbonyl (C=O) groups excluding carboxylic acids is 1. The van der Waals surface area contributed by atoms with Gasteiger partial charge in [0.25, 0.3) is 0 Å². The van der Waals surface area contributed by atoms with Crippen molar-refractivity contribution >= 4 is 23.6 Å². The molecule has 0 saturated carbocycles. The number of anilines is 1. The Labute approximate surface area is 123 Å². The van der Waals surface area contributed by atoms with Crippen molar-refractivity contribution in [2.75, 3.05) is 30.0 Å². The Morgan fingerprint density at radius 2 is 2.25 bits per heavy atom. The second-order valence-corrected chi connectivity index (χ2v) is 5.82. The fraction of sp³-hybridized carbons (Fsp3) is 0.615. The van der Waals surface area contributed by atoms with Gasteiger partial charge in [0.05, 0.1) is 11.9 Å². The van der Waals surface area contributed by atoms with Gasteiger partial charge < -0.3 is 16.0 Å². The van der Waals surface area contributed by atoms with Crippen molar-refractivity contribution in [2.45, 2.75) is 25.3 Å². The van der Waals surface area contributed by atoms with Crippen molar-refractivity contribution in [1.29, 1.82) is 0 Å². The molecule has 6 nitrogen and oxygen atoms in total. The molecule has 1 aliphatic rings. The van der Waals surface area contributed by atoms with Crippen molar-refractivity contribution in [1.82, 2.24) is 14.9 Å². The number of rotatable bonds is 7. The molecule has 0 aliphatic carbocycles. The zero-order chi connectivity index (χ0) is 14.2. The first-order valence-electron chi connectivity index (χ1n) is 6.90. The predicted octanol–water partition coefficient (Wildman–Crippen LogP) is 0.919. The topological polar surface area (TPSA) is 84.1 Å². The zero-order valence-corrected chi connectivity index (χ0v) is 12.3. The first kappa shape index (κ1) is 15.1. The van der Waals surface area contributed by atoms with Crippen LogP contribution >= 0.6 is 11.8 Å². The van der Waals surface area contributed by atoms with Crippen LogP contribution in [0, 0.1) is 0 Å². The second kappa shape index (κ2) is 8.06. The molecule has 0 aromatic carbocycles. The quantitative estimate of drug-likeness (QED) is 0.728. The van der Waals surface area contributed by atoms with Gasteiger partial charge in [-0.2, -0.15) is 0 Å². The summed E-state index contributed by atoms with van der Waals surface area (Å²) in [5.74, 6) is 2.55. The third-order valence-corrected chi connectivity index (χ3v) is 4.14. The third kappa shape index (κ3) is 4.64. The summed E-state index contributed by atoms with van der Waals surface area (Å²) in [7, 11) is 0. The molecule has 20 heavy (non-hydrogen) atoms. The van der Waals surface area contributed by atoms with Crippen molar-refractivity contribution in [3.8, 4) is 0 Å². The number of nitrogens with zero attached hydrogens (tertiary/aromatic N) is 3. The molecule has 3 N–H and O–H groups in total. The highest BCUT2D eigenvalue weighted by Crippen LogP contribution is 2.15. The minimum Gasteiger partial charge on any atom is -0.354 e. The van der Waals surface area contributed by atoms with E-state index in [4.69, 9.17) is 5.73 Å². The van der Waals surface area contributed by atoms with Crippen molar-refractivity contribution in [3.05, 3.63) is 18.5 Å². The Morgan fingerprint density at radius 1 is 1.45 bits per heavy atom. The molecule has 1 atom stereocenters. The molecule has 0 spiro atoms. The van der Waals surface area contributed by atoms with Gasteiger partial charge in [-0.05, 0) is 25.3 Å². The molecule has 1 aromatic rings. The van der Waals surface area contributed by atoms with Gasteiger partial charge in [-0.25, -0.2) is 9.97 Å². The largest absolute Gasteiger partial charge is 0.354 e. The first-order valence-corrected chi connectivity index (χ1v) is 8.06. The van der Waals surface area contributed by atoms with Crippen LogP contribution in [-0.4, -0.2) is 51.5 Å². The average Bonchev–Trinajstić information content (AvgIpc) is 3.01. The number of hydrogen-bond donors (Lipinski definition) is 2. The molecule has 1 aromatic heterocycles. The zero-order valence-electron chi connectivity index (χ0n) is 11.5. The number of nitrogens with one attached hydrogen (secondary N) is 1. The number of unbranched alkanes of at least 4 members (excludes halogenated alkanes) is 1. The van der Waals surface area contributed by atoms with E-state index < -0.39 is 0 Å². The summed E-state index contributed by atoms with van der Waals surface area (Å²) in [6.07, 6.45) is 6.02. The average molecular weight is 295 g/mol. The van der Waals surface area contributed by atoms with Crippen LogP contribution in [0.5, 0.6) is 0 Å². The monoisotopic (exact) mass is 295 g/mol. The van der Waals surface area contributed by atoms with Crippen LogP contribution in [0.15, 0.2) is 18.5 Å². The van der Waals surface area contributed by atoms with Gasteiger partial charge in [-0.15, -0.1) is 11.8 Å². The van der Waals surface area contributed by atoms with E-state index in [0.717, 1.165) is 44.0 Å². The molecule has 1 aliphatic heterocycles. The number of thioether (sulfide) groups is 1. The standard InChI is InChI=1S/C13H21N5OS/c14-11(12(19)18-8-9-20-10-18)4-1-2-5-15-13-16-6-3-7-17-13/h3,6-7,11H,1-2,4-5,8-10,14H2,(H,15,16,17). The number of nitrogens with two attached hydrogens (primary N) is 1. The van der Waals surface area contributed by atoms with E-state index in [1.165, 1.54) is 0 Å². The van der Waals surface area contributed by atoms with Crippen LogP contribution in [0.3, 0.4) is 0 Å². The highest BCUT2D eigenvalue weighted by Gasteiger charge is 2.23. The molecule has 7 heteroatoms. The number of amides is 1. The molecule has 2 rings (SSSR count). The smallest absolute Gasteiger partial charge is 0.240 e.